The van der Waals surface area contributed by atoms with Gasteiger partial charge in [0, 0.05) is 36.0 Å². The van der Waals surface area contributed by atoms with Crippen LogP contribution in [0.1, 0.15) is 41.0 Å². The van der Waals surface area contributed by atoms with Crippen LogP contribution in [0.2, 0.25) is 0 Å². The molecule has 0 aliphatic rings. The van der Waals surface area contributed by atoms with E-state index in [1.807, 2.05) is 0 Å². The maximum atomic E-state index is 2.42. The van der Waals surface area contributed by atoms with Crippen molar-refractivity contribution in [3.05, 3.63) is 0 Å². The lowest BCUT2D eigenvalue weighted by atomic mass is 9.77. The molecule has 0 bridgehead atoms. The van der Waals surface area contributed by atoms with Gasteiger partial charge >= 0.3 is 0 Å². The van der Waals surface area contributed by atoms with E-state index in [0.717, 1.165) is 12.5 Å². The first kappa shape index (κ1) is 12.7. The van der Waals surface area contributed by atoms with Crippen LogP contribution in [0.4, 0.5) is 0 Å². The van der Waals surface area contributed by atoms with Gasteiger partial charge in [-0.05, 0) is 17.8 Å². The van der Waals surface area contributed by atoms with Gasteiger partial charge in [0.2, 0.25) is 0 Å². The van der Waals surface area contributed by atoms with Gasteiger partial charge in [-0.25, -0.2) is 3.11 Å². The third-order valence-electron chi connectivity index (χ3n) is 3.08. The molecule has 0 rings (SSSR count). The molecule has 0 aliphatic carbocycles. The highest BCUT2D eigenvalue weighted by molar-refractivity contribution is 14.1. The Hall–Kier alpha value is 0.690. The molecule has 0 N–H and O–H groups in total. The maximum absolute atomic E-state index is 2.42. The molecule has 12 heavy (non-hydrogen) atoms. The SMILES string of the molecule is CCN(I)CC(C)(CC)C(C)C. The van der Waals surface area contributed by atoms with E-state index in [0.29, 0.717) is 5.41 Å². The molecule has 1 unspecified atom stereocenters. The van der Waals surface area contributed by atoms with E-state index in [2.05, 4.69) is 60.6 Å². The van der Waals surface area contributed by atoms with Crippen molar-refractivity contribution in [1.82, 2.24) is 3.11 Å². The first-order valence-electron chi connectivity index (χ1n) is 4.87. The van der Waals surface area contributed by atoms with Crippen LogP contribution >= 0.6 is 22.9 Å². The first-order chi connectivity index (χ1) is 5.46. The largest absolute Gasteiger partial charge is 0.247 e. The quantitative estimate of drug-likeness (QED) is 0.549. The van der Waals surface area contributed by atoms with Crippen LogP contribution < -0.4 is 0 Å². The molecule has 0 aromatic carbocycles. The van der Waals surface area contributed by atoms with Gasteiger partial charge in [-0.1, -0.05) is 34.6 Å². The molecule has 0 aliphatic heterocycles. The summed E-state index contributed by atoms with van der Waals surface area (Å²) >= 11 is 2.42. The Labute approximate surface area is 91.4 Å². The van der Waals surface area contributed by atoms with E-state index in [1.54, 1.807) is 0 Å². The third kappa shape index (κ3) is 3.60. The monoisotopic (exact) mass is 283 g/mol. The van der Waals surface area contributed by atoms with E-state index in [9.17, 15) is 0 Å². The molecule has 1 atom stereocenters. The standard InChI is InChI=1S/C10H22IN/c1-6-10(5,9(3)4)8-12(11)7-2/h9H,6-8H2,1-5H3. The van der Waals surface area contributed by atoms with Gasteiger partial charge in [-0.3, -0.25) is 0 Å². The highest BCUT2D eigenvalue weighted by Crippen LogP contribution is 2.32. The number of hydrogen-bond acceptors (Lipinski definition) is 1. The van der Waals surface area contributed by atoms with Crippen molar-refractivity contribution in [2.24, 2.45) is 11.3 Å². The lowest BCUT2D eigenvalue weighted by Crippen LogP contribution is -2.34. The molecule has 0 saturated carbocycles. The van der Waals surface area contributed by atoms with E-state index in [-0.39, 0.29) is 0 Å². The van der Waals surface area contributed by atoms with Crippen molar-refractivity contribution in [3.8, 4) is 0 Å². The molecule has 0 saturated heterocycles. The number of hydrogen-bond donors (Lipinski definition) is 0. The Bertz CT molecular complexity index is 125. The van der Waals surface area contributed by atoms with Crippen LogP contribution in [-0.2, 0) is 0 Å². The average Bonchev–Trinajstić information content (AvgIpc) is 2.03. The van der Waals surface area contributed by atoms with Gasteiger partial charge in [-0.2, -0.15) is 0 Å². The van der Waals surface area contributed by atoms with Gasteiger partial charge in [0.25, 0.3) is 0 Å². The molecule has 0 fully saturated rings. The van der Waals surface area contributed by atoms with Gasteiger partial charge in [0.05, 0.1) is 0 Å². The van der Waals surface area contributed by atoms with Crippen LogP contribution in [0, 0.1) is 11.3 Å². The van der Waals surface area contributed by atoms with Crippen LogP contribution in [0.3, 0.4) is 0 Å². The van der Waals surface area contributed by atoms with Crippen molar-refractivity contribution in [2.45, 2.75) is 41.0 Å². The molecule has 0 spiro atoms. The topological polar surface area (TPSA) is 3.24 Å². The van der Waals surface area contributed by atoms with E-state index in [1.165, 1.54) is 13.0 Å². The van der Waals surface area contributed by atoms with Crippen molar-refractivity contribution >= 4 is 22.9 Å². The van der Waals surface area contributed by atoms with Crippen LogP contribution in [0.15, 0.2) is 0 Å². The first-order valence-corrected chi connectivity index (χ1v) is 5.83. The second kappa shape index (κ2) is 5.43. The lowest BCUT2D eigenvalue weighted by Gasteiger charge is -2.35. The zero-order chi connectivity index (χ0) is 9.78. The molecule has 74 valence electrons. The molecule has 1 nitrogen and oxygen atoms in total. The second-order valence-electron chi connectivity index (χ2n) is 4.10. The van der Waals surface area contributed by atoms with Gasteiger partial charge in [0.1, 0.15) is 0 Å². The molecule has 0 heterocycles. The summed E-state index contributed by atoms with van der Waals surface area (Å²) in [4.78, 5) is 0. The van der Waals surface area contributed by atoms with Crippen LogP contribution in [0.5, 0.6) is 0 Å². The number of halogens is 1. The normalized spacial score (nSPS) is 17.0. The molecular weight excluding hydrogens is 261 g/mol. The number of nitrogens with zero attached hydrogens (tertiary/aromatic N) is 1. The van der Waals surface area contributed by atoms with Gasteiger partial charge in [0.15, 0.2) is 0 Å². The Morgan fingerprint density at radius 1 is 1.33 bits per heavy atom. The Morgan fingerprint density at radius 2 is 1.83 bits per heavy atom. The zero-order valence-electron chi connectivity index (χ0n) is 9.02. The summed E-state index contributed by atoms with van der Waals surface area (Å²) in [5.74, 6) is 0.770. The fraction of sp³-hybridized carbons (Fsp3) is 1.00. The Balaban J connectivity index is 4.14. The average molecular weight is 283 g/mol. The minimum atomic E-state index is 0.483. The molecule has 0 aromatic rings. The Kier molecular flexibility index (Phi) is 5.74. The summed E-state index contributed by atoms with van der Waals surface area (Å²) < 4.78 is 2.38. The van der Waals surface area contributed by atoms with Gasteiger partial charge in [-0.15, -0.1) is 0 Å². The van der Waals surface area contributed by atoms with Crippen molar-refractivity contribution in [1.29, 1.82) is 0 Å². The summed E-state index contributed by atoms with van der Waals surface area (Å²) in [6, 6.07) is 0. The van der Waals surface area contributed by atoms with Gasteiger partial charge < -0.3 is 0 Å². The maximum Gasteiger partial charge on any atom is 0.0201 e. The molecule has 0 amide bonds. The van der Waals surface area contributed by atoms with Crippen molar-refractivity contribution in [2.75, 3.05) is 13.1 Å². The molecule has 2 heteroatoms. The highest BCUT2D eigenvalue weighted by atomic mass is 127. The third-order valence-corrected chi connectivity index (χ3v) is 4.10. The van der Waals surface area contributed by atoms with E-state index < -0.39 is 0 Å². The van der Waals surface area contributed by atoms with E-state index >= 15 is 0 Å². The summed E-state index contributed by atoms with van der Waals surface area (Å²) in [7, 11) is 0. The summed E-state index contributed by atoms with van der Waals surface area (Å²) in [5, 5.41) is 0. The fourth-order valence-electron chi connectivity index (χ4n) is 1.21. The second-order valence-corrected chi connectivity index (χ2v) is 5.46. The summed E-state index contributed by atoms with van der Waals surface area (Å²) in [6.07, 6.45) is 1.27. The summed E-state index contributed by atoms with van der Waals surface area (Å²) in [5.41, 5.74) is 0.483. The fourth-order valence-corrected chi connectivity index (χ4v) is 1.99. The minimum Gasteiger partial charge on any atom is -0.247 e. The molecule has 0 aromatic heterocycles. The number of rotatable bonds is 5. The predicted molar refractivity (Wildman–Crippen MR) is 64.5 cm³/mol. The van der Waals surface area contributed by atoms with E-state index in [4.69, 9.17) is 0 Å². The Morgan fingerprint density at radius 3 is 2.08 bits per heavy atom. The predicted octanol–water partition coefficient (Wildman–Crippen LogP) is 3.73. The van der Waals surface area contributed by atoms with Crippen LogP contribution in [0.25, 0.3) is 0 Å². The molecule has 0 radical (unpaired) electrons. The van der Waals surface area contributed by atoms with Crippen molar-refractivity contribution in [3.63, 3.8) is 0 Å². The minimum absolute atomic E-state index is 0.483. The lowest BCUT2D eigenvalue weighted by molar-refractivity contribution is 0.175. The smallest absolute Gasteiger partial charge is 0.0201 e. The zero-order valence-corrected chi connectivity index (χ0v) is 11.2. The highest BCUT2D eigenvalue weighted by Gasteiger charge is 2.27. The van der Waals surface area contributed by atoms with Crippen molar-refractivity contribution < 1.29 is 0 Å². The molecular formula is C10H22IN. The summed E-state index contributed by atoms with van der Waals surface area (Å²) in [6.45, 7) is 13.9. The van der Waals surface area contributed by atoms with Crippen LogP contribution in [-0.4, -0.2) is 16.2 Å².